The maximum Gasteiger partial charge on any atom is 0.321 e. The number of carbonyl (C=O) groups is 2. The molecular weight excluding hydrogens is 288 g/mol. The van der Waals surface area contributed by atoms with Crippen molar-refractivity contribution in [2.45, 2.75) is 25.2 Å². The highest BCUT2D eigenvalue weighted by Crippen LogP contribution is 2.31. The van der Waals surface area contributed by atoms with Gasteiger partial charge in [0, 0.05) is 23.7 Å². The summed E-state index contributed by atoms with van der Waals surface area (Å²) in [4.78, 5) is 26.2. The van der Waals surface area contributed by atoms with Gasteiger partial charge in [-0.3, -0.25) is 4.79 Å². The Balaban J connectivity index is 2.08. The van der Waals surface area contributed by atoms with Crippen molar-refractivity contribution in [2.75, 3.05) is 24.7 Å². The number of likely N-dealkylation sites (tertiary alicyclic amines) is 1. The van der Waals surface area contributed by atoms with E-state index in [4.69, 9.17) is 0 Å². The highest BCUT2D eigenvalue weighted by atomic mass is 32.2. The van der Waals surface area contributed by atoms with Crippen molar-refractivity contribution in [3.8, 4) is 0 Å². The van der Waals surface area contributed by atoms with Crippen LogP contribution in [0.25, 0.3) is 0 Å². The van der Waals surface area contributed by atoms with Gasteiger partial charge in [-0.25, -0.2) is 4.79 Å². The van der Waals surface area contributed by atoms with Crippen molar-refractivity contribution < 1.29 is 14.7 Å². The van der Waals surface area contributed by atoms with E-state index in [0.717, 1.165) is 16.1 Å². The molecule has 1 aliphatic rings. The van der Waals surface area contributed by atoms with Gasteiger partial charge >= 0.3 is 12.0 Å². The molecule has 0 radical (unpaired) electrons. The summed E-state index contributed by atoms with van der Waals surface area (Å²) in [5.74, 6) is -0.849. The number of urea groups is 1. The average molecular weight is 308 g/mol. The van der Waals surface area contributed by atoms with E-state index in [0.29, 0.717) is 13.0 Å². The normalized spacial score (nSPS) is 21.4. The van der Waals surface area contributed by atoms with Crippen molar-refractivity contribution in [2.24, 2.45) is 5.41 Å². The van der Waals surface area contributed by atoms with Crippen LogP contribution < -0.4 is 5.32 Å². The van der Waals surface area contributed by atoms with Gasteiger partial charge in [0.15, 0.2) is 0 Å². The summed E-state index contributed by atoms with van der Waals surface area (Å²) in [6.45, 7) is 4.33. The summed E-state index contributed by atoms with van der Waals surface area (Å²) in [5, 5.41) is 12.1. The Labute approximate surface area is 128 Å². The zero-order valence-corrected chi connectivity index (χ0v) is 13.3. The molecule has 1 saturated heterocycles. The largest absolute Gasteiger partial charge is 0.481 e. The molecule has 5 nitrogen and oxygen atoms in total. The number of hydrogen-bond donors (Lipinski definition) is 2. The number of carbonyl (C=O) groups excluding carboxylic acids is 1. The quantitative estimate of drug-likeness (QED) is 0.842. The van der Waals surface area contributed by atoms with Gasteiger partial charge < -0.3 is 15.3 Å². The fourth-order valence-corrected chi connectivity index (χ4v) is 2.81. The van der Waals surface area contributed by atoms with Crippen LogP contribution in [0, 0.1) is 12.3 Å². The number of aryl methyl sites for hydroxylation is 1. The molecule has 6 heteroatoms. The van der Waals surface area contributed by atoms with Gasteiger partial charge in [-0.05, 0) is 44.2 Å². The molecule has 0 saturated carbocycles. The molecule has 0 bridgehead atoms. The van der Waals surface area contributed by atoms with Crippen molar-refractivity contribution in [1.82, 2.24) is 4.90 Å². The van der Waals surface area contributed by atoms with Gasteiger partial charge in [-0.1, -0.05) is 6.07 Å². The lowest BCUT2D eigenvalue weighted by Gasteiger charge is -2.21. The molecule has 1 fully saturated rings. The lowest BCUT2D eigenvalue weighted by molar-refractivity contribution is -0.146. The van der Waals surface area contributed by atoms with Crippen LogP contribution in [-0.2, 0) is 4.79 Å². The van der Waals surface area contributed by atoms with Crippen molar-refractivity contribution in [3.05, 3.63) is 23.8 Å². The molecule has 2 rings (SSSR count). The number of thioether (sulfide) groups is 1. The molecule has 1 aromatic rings. The first-order valence-corrected chi connectivity index (χ1v) is 8.02. The summed E-state index contributed by atoms with van der Waals surface area (Å²) in [5.41, 5.74) is 0.921. The molecule has 0 spiro atoms. The smallest absolute Gasteiger partial charge is 0.321 e. The van der Waals surface area contributed by atoms with Crippen LogP contribution in [0.5, 0.6) is 0 Å². The lowest BCUT2D eigenvalue weighted by atomic mass is 9.90. The zero-order valence-electron chi connectivity index (χ0n) is 12.5. The first-order valence-electron chi connectivity index (χ1n) is 6.80. The number of benzene rings is 1. The Morgan fingerprint density at radius 3 is 2.71 bits per heavy atom. The average Bonchev–Trinajstić information content (AvgIpc) is 2.85. The molecule has 114 valence electrons. The van der Waals surface area contributed by atoms with Crippen LogP contribution in [0.3, 0.4) is 0 Å². The molecule has 21 heavy (non-hydrogen) atoms. The molecule has 0 aromatic heterocycles. The second-order valence-electron chi connectivity index (χ2n) is 5.65. The minimum Gasteiger partial charge on any atom is -0.481 e. The van der Waals surface area contributed by atoms with Crippen molar-refractivity contribution >= 4 is 29.4 Å². The van der Waals surface area contributed by atoms with Gasteiger partial charge in [-0.2, -0.15) is 0 Å². The number of nitrogens with zero attached hydrogens (tertiary/aromatic N) is 1. The third-order valence-electron chi connectivity index (χ3n) is 3.96. The third kappa shape index (κ3) is 3.32. The van der Waals surface area contributed by atoms with E-state index in [2.05, 4.69) is 5.32 Å². The predicted molar refractivity (Wildman–Crippen MR) is 83.9 cm³/mol. The third-order valence-corrected chi connectivity index (χ3v) is 4.69. The number of carboxylic acid groups (broad SMARTS) is 1. The Morgan fingerprint density at radius 1 is 1.43 bits per heavy atom. The highest BCUT2D eigenvalue weighted by Gasteiger charge is 2.42. The van der Waals surface area contributed by atoms with E-state index in [1.807, 2.05) is 31.4 Å². The number of nitrogens with one attached hydrogen (secondary N) is 1. The van der Waals surface area contributed by atoms with Gasteiger partial charge in [0.05, 0.1) is 5.41 Å². The molecule has 1 atom stereocenters. The number of hydrogen-bond acceptors (Lipinski definition) is 3. The van der Waals surface area contributed by atoms with Gasteiger partial charge in [-0.15, -0.1) is 11.8 Å². The van der Waals surface area contributed by atoms with Crippen LogP contribution in [0.2, 0.25) is 0 Å². The summed E-state index contributed by atoms with van der Waals surface area (Å²) in [6, 6.07) is 5.67. The molecule has 1 aromatic carbocycles. The first kappa shape index (κ1) is 15.7. The Hall–Kier alpha value is -1.69. The monoisotopic (exact) mass is 308 g/mol. The topological polar surface area (TPSA) is 69.6 Å². The van der Waals surface area contributed by atoms with Crippen LogP contribution in [0.15, 0.2) is 23.1 Å². The van der Waals surface area contributed by atoms with E-state index in [1.54, 1.807) is 23.6 Å². The van der Waals surface area contributed by atoms with Crippen molar-refractivity contribution in [1.29, 1.82) is 0 Å². The number of aliphatic carboxylic acids is 1. The highest BCUT2D eigenvalue weighted by molar-refractivity contribution is 7.98. The van der Waals surface area contributed by atoms with Crippen LogP contribution in [-0.4, -0.2) is 41.4 Å². The van der Waals surface area contributed by atoms with E-state index in [-0.39, 0.29) is 12.6 Å². The zero-order chi connectivity index (χ0) is 15.6. The van der Waals surface area contributed by atoms with E-state index in [1.165, 1.54) is 0 Å². The lowest BCUT2D eigenvalue weighted by Crippen LogP contribution is -2.37. The number of rotatable bonds is 3. The standard InChI is InChI=1S/C15H20N2O3S/c1-10-4-5-11(21-3)8-12(10)16-14(20)17-7-6-15(2,9-17)13(18)19/h4-5,8H,6-7,9H2,1-3H3,(H,16,20)(H,18,19). The molecular formula is C15H20N2O3S. The van der Waals surface area contributed by atoms with E-state index < -0.39 is 11.4 Å². The molecule has 2 N–H and O–H groups in total. The summed E-state index contributed by atoms with van der Waals surface area (Å²) >= 11 is 1.61. The number of amides is 2. The maximum atomic E-state index is 12.3. The van der Waals surface area contributed by atoms with Crippen LogP contribution in [0.1, 0.15) is 18.9 Å². The second-order valence-corrected chi connectivity index (χ2v) is 6.53. The maximum absolute atomic E-state index is 12.3. The fourth-order valence-electron chi connectivity index (χ4n) is 2.37. The van der Waals surface area contributed by atoms with Gasteiger partial charge in [0.25, 0.3) is 0 Å². The Kier molecular flexibility index (Phi) is 4.46. The number of anilines is 1. The Morgan fingerprint density at radius 2 is 2.14 bits per heavy atom. The first-order chi connectivity index (χ1) is 9.85. The molecule has 1 heterocycles. The summed E-state index contributed by atoms with van der Waals surface area (Å²) in [6.07, 6.45) is 2.47. The van der Waals surface area contributed by atoms with Crippen LogP contribution in [0.4, 0.5) is 10.5 Å². The minimum absolute atomic E-state index is 0.235. The molecule has 0 aliphatic carbocycles. The predicted octanol–water partition coefficient (Wildman–Crippen LogP) is 3.05. The van der Waals surface area contributed by atoms with Gasteiger partial charge in [0.1, 0.15) is 0 Å². The number of carboxylic acids is 1. The minimum atomic E-state index is -0.849. The van der Waals surface area contributed by atoms with Gasteiger partial charge in [0.2, 0.25) is 0 Å². The Bertz CT molecular complexity index is 576. The molecule has 2 amide bonds. The molecule has 1 unspecified atom stereocenters. The van der Waals surface area contributed by atoms with E-state index in [9.17, 15) is 14.7 Å². The summed E-state index contributed by atoms with van der Waals surface area (Å²) < 4.78 is 0. The fraction of sp³-hybridized carbons (Fsp3) is 0.467. The van der Waals surface area contributed by atoms with Crippen molar-refractivity contribution in [3.63, 3.8) is 0 Å². The molecule has 1 aliphatic heterocycles. The summed E-state index contributed by atoms with van der Waals surface area (Å²) in [7, 11) is 0. The van der Waals surface area contributed by atoms with Crippen LogP contribution >= 0.6 is 11.8 Å². The SMILES string of the molecule is CSc1ccc(C)c(NC(=O)N2CCC(C)(C(=O)O)C2)c1. The van der Waals surface area contributed by atoms with E-state index >= 15 is 0 Å². The second kappa shape index (κ2) is 5.97.